The molecule has 0 aliphatic carbocycles. The number of carbonyl (C=O) groups excluding carboxylic acids is 2. The first-order valence-electron chi connectivity index (χ1n) is 9.49. The van der Waals surface area contributed by atoms with Crippen molar-refractivity contribution >= 4 is 28.7 Å². The van der Waals surface area contributed by atoms with Gasteiger partial charge in [0, 0.05) is 22.6 Å². The summed E-state index contributed by atoms with van der Waals surface area (Å²) in [6, 6.07) is 10.7. The Hall–Kier alpha value is -3.22. The molecule has 0 bridgehead atoms. The first kappa shape index (κ1) is 20.5. The van der Waals surface area contributed by atoms with Crippen molar-refractivity contribution in [2.45, 2.75) is 46.0 Å². The SMILES string of the molecule is CC(C)c1cc(C(=O)OCC(=O)Nc2cc(C(C)(C)C)no2)c2ccccc2n1. The lowest BCUT2D eigenvalue weighted by atomic mass is 9.92. The first-order valence-corrected chi connectivity index (χ1v) is 9.49. The number of aromatic nitrogens is 2. The summed E-state index contributed by atoms with van der Waals surface area (Å²) in [5, 5.41) is 7.18. The fourth-order valence-corrected chi connectivity index (χ4v) is 2.73. The fourth-order valence-electron chi connectivity index (χ4n) is 2.73. The molecular weight excluding hydrogens is 370 g/mol. The molecule has 29 heavy (non-hydrogen) atoms. The van der Waals surface area contributed by atoms with Crippen LogP contribution in [0, 0.1) is 0 Å². The molecular formula is C22H25N3O4. The van der Waals surface area contributed by atoms with Crippen LogP contribution in [0.25, 0.3) is 10.9 Å². The molecule has 0 saturated carbocycles. The van der Waals surface area contributed by atoms with E-state index in [-0.39, 0.29) is 17.2 Å². The number of nitrogens with zero attached hydrogens (tertiary/aromatic N) is 2. The minimum absolute atomic E-state index is 0.151. The summed E-state index contributed by atoms with van der Waals surface area (Å²) < 4.78 is 10.4. The third kappa shape index (κ3) is 4.80. The zero-order chi connectivity index (χ0) is 21.2. The topological polar surface area (TPSA) is 94.3 Å². The van der Waals surface area contributed by atoms with E-state index in [2.05, 4.69) is 15.5 Å². The van der Waals surface area contributed by atoms with Gasteiger partial charge in [-0.25, -0.2) is 4.79 Å². The largest absolute Gasteiger partial charge is 0.452 e. The highest BCUT2D eigenvalue weighted by atomic mass is 16.5. The average Bonchev–Trinajstić information content (AvgIpc) is 3.14. The lowest BCUT2D eigenvalue weighted by Crippen LogP contribution is -2.21. The van der Waals surface area contributed by atoms with E-state index in [0.29, 0.717) is 22.2 Å². The van der Waals surface area contributed by atoms with Gasteiger partial charge in [-0.3, -0.25) is 15.1 Å². The molecule has 0 spiro atoms. The monoisotopic (exact) mass is 395 g/mol. The van der Waals surface area contributed by atoms with Crippen LogP contribution in [0.2, 0.25) is 0 Å². The highest BCUT2D eigenvalue weighted by molar-refractivity contribution is 6.04. The van der Waals surface area contributed by atoms with Crippen molar-refractivity contribution < 1.29 is 18.8 Å². The predicted molar refractivity (Wildman–Crippen MR) is 110 cm³/mol. The third-order valence-corrected chi connectivity index (χ3v) is 4.42. The lowest BCUT2D eigenvalue weighted by molar-refractivity contribution is -0.119. The van der Waals surface area contributed by atoms with E-state index in [1.165, 1.54) is 0 Å². The second-order valence-corrected chi connectivity index (χ2v) is 8.22. The summed E-state index contributed by atoms with van der Waals surface area (Å²) in [6.45, 7) is 9.54. The Morgan fingerprint density at radius 1 is 1.17 bits per heavy atom. The van der Waals surface area contributed by atoms with Crippen LogP contribution in [0.15, 0.2) is 40.9 Å². The summed E-state index contributed by atoms with van der Waals surface area (Å²) in [6.07, 6.45) is 0. The van der Waals surface area contributed by atoms with Crippen molar-refractivity contribution in [3.63, 3.8) is 0 Å². The molecule has 2 aromatic heterocycles. The van der Waals surface area contributed by atoms with Gasteiger partial charge in [-0.1, -0.05) is 58.0 Å². The number of anilines is 1. The van der Waals surface area contributed by atoms with Crippen molar-refractivity contribution in [1.29, 1.82) is 0 Å². The van der Waals surface area contributed by atoms with Gasteiger partial charge in [-0.15, -0.1) is 0 Å². The number of rotatable bonds is 5. The van der Waals surface area contributed by atoms with Gasteiger partial charge >= 0.3 is 5.97 Å². The summed E-state index contributed by atoms with van der Waals surface area (Å²) in [5.74, 6) is -0.712. The minimum atomic E-state index is -0.575. The zero-order valence-electron chi connectivity index (χ0n) is 17.3. The van der Waals surface area contributed by atoms with Gasteiger partial charge in [-0.05, 0) is 18.1 Å². The number of esters is 1. The maximum absolute atomic E-state index is 12.7. The van der Waals surface area contributed by atoms with Gasteiger partial charge in [-0.2, -0.15) is 0 Å². The molecule has 0 aliphatic rings. The van der Waals surface area contributed by atoms with Crippen molar-refractivity contribution in [1.82, 2.24) is 10.1 Å². The zero-order valence-corrected chi connectivity index (χ0v) is 17.3. The number of amides is 1. The van der Waals surface area contributed by atoms with Gasteiger partial charge in [0.05, 0.1) is 16.8 Å². The summed E-state index contributed by atoms with van der Waals surface area (Å²) in [4.78, 5) is 29.4. The Morgan fingerprint density at radius 2 is 1.90 bits per heavy atom. The van der Waals surface area contributed by atoms with Crippen LogP contribution >= 0.6 is 0 Å². The van der Waals surface area contributed by atoms with Crippen LogP contribution < -0.4 is 5.32 Å². The Labute approximate surface area is 169 Å². The van der Waals surface area contributed by atoms with Crippen molar-refractivity contribution in [3.8, 4) is 0 Å². The second kappa shape index (κ2) is 8.03. The van der Waals surface area contributed by atoms with Crippen molar-refractivity contribution in [2.24, 2.45) is 0 Å². The van der Waals surface area contributed by atoms with Crippen LogP contribution in [0.4, 0.5) is 5.88 Å². The Kier molecular flexibility index (Phi) is 5.68. The third-order valence-electron chi connectivity index (χ3n) is 4.42. The van der Waals surface area contributed by atoms with E-state index < -0.39 is 18.5 Å². The van der Waals surface area contributed by atoms with E-state index in [4.69, 9.17) is 9.26 Å². The molecule has 152 valence electrons. The predicted octanol–water partition coefficient (Wildman–Crippen LogP) is 4.44. The molecule has 0 saturated heterocycles. The molecule has 2 heterocycles. The smallest absolute Gasteiger partial charge is 0.339 e. The molecule has 1 amide bonds. The van der Waals surface area contributed by atoms with Crippen molar-refractivity contribution in [2.75, 3.05) is 11.9 Å². The van der Waals surface area contributed by atoms with Gasteiger partial charge < -0.3 is 9.26 Å². The van der Waals surface area contributed by atoms with Crippen LogP contribution in [-0.4, -0.2) is 28.6 Å². The van der Waals surface area contributed by atoms with Crippen LogP contribution in [0.5, 0.6) is 0 Å². The normalized spacial score (nSPS) is 11.7. The number of ether oxygens (including phenoxy) is 1. The molecule has 3 rings (SSSR count). The molecule has 3 aromatic rings. The maximum atomic E-state index is 12.7. The summed E-state index contributed by atoms with van der Waals surface area (Å²) in [7, 11) is 0. The number of hydrogen-bond acceptors (Lipinski definition) is 6. The standard InChI is InChI=1S/C22H25N3O4/c1-13(2)17-10-15(14-8-6-7-9-16(14)23-17)21(27)28-12-19(26)24-20-11-18(25-29-20)22(3,4)5/h6-11,13H,12H2,1-5H3,(H,24,26). The van der Waals surface area contributed by atoms with E-state index >= 15 is 0 Å². The van der Waals surface area contributed by atoms with Crippen LogP contribution in [0.3, 0.4) is 0 Å². The average molecular weight is 395 g/mol. The molecule has 1 aromatic carbocycles. The van der Waals surface area contributed by atoms with E-state index in [9.17, 15) is 9.59 Å². The number of benzene rings is 1. The Morgan fingerprint density at radius 3 is 2.55 bits per heavy atom. The molecule has 0 radical (unpaired) electrons. The number of pyridine rings is 1. The number of para-hydroxylation sites is 1. The van der Waals surface area contributed by atoms with Crippen LogP contribution in [-0.2, 0) is 14.9 Å². The van der Waals surface area contributed by atoms with Gasteiger partial charge in [0.1, 0.15) is 0 Å². The van der Waals surface area contributed by atoms with Crippen LogP contribution in [0.1, 0.15) is 62.3 Å². The number of hydrogen-bond donors (Lipinski definition) is 1. The van der Waals surface area contributed by atoms with E-state index in [1.54, 1.807) is 12.1 Å². The Balaban J connectivity index is 1.70. The molecule has 7 heteroatoms. The maximum Gasteiger partial charge on any atom is 0.339 e. The molecule has 0 atom stereocenters. The fraction of sp³-hybridized carbons (Fsp3) is 0.364. The van der Waals surface area contributed by atoms with Gasteiger partial charge in [0.2, 0.25) is 5.88 Å². The Bertz CT molecular complexity index is 1050. The second-order valence-electron chi connectivity index (χ2n) is 8.22. The summed E-state index contributed by atoms with van der Waals surface area (Å²) in [5.41, 5.74) is 2.41. The number of fused-ring (bicyclic) bond motifs is 1. The molecule has 0 aliphatic heterocycles. The highest BCUT2D eigenvalue weighted by Crippen LogP contribution is 2.24. The molecule has 1 N–H and O–H groups in total. The van der Waals surface area contributed by atoms with Crippen molar-refractivity contribution in [3.05, 3.63) is 53.3 Å². The minimum Gasteiger partial charge on any atom is -0.452 e. The lowest BCUT2D eigenvalue weighted by Gasteiger charge is -2.12. The highest BCUT2D eigenvalue weighted by Gasteiger charge is 2.21. The number of carbonyl (C=O) groups is 2. The molecule has 0 fully saturated rings. The van der Waals surface area contributed by atoms with Gasteiger partial charge in [0.25, 0.3) is 5.91 Å². The number of nitrogens with one attached hydrogen (secondary N) is 1. The first-order chi connectivity index (χ1) is 13.6. The summed E-state index contributed by atoms with van der Waals surface area (Å²) >= 11 is 0. The van der Waals surface area contributed by atoms with E-state index in [1.807, 2.05) is 58.9 Å². The van der Waals surface area contributed by atoms with Gasteiger partial charge in [0.15, 0.2) is 6.61 Å². The molecule has 0 unspecified atom stereocenters. The quantitative estimate of drug-likeness (QED) is 0.642. The molecule has 7 nitrogen and oxygen atoms in total. The van der Waals surface area contributed by atoms with E-state index in [0.717, 1.165) is 5.69 Å².